The van der Waals surface area contributed by atoms with E-state index in [1.165, 1.54) is 6.07 Å². The molecule has 1 aliphatic heterocycles. The molecule has 16 heavy (non-hydrogen) atoms. The van der Waals surface area contributed by atoms with Crippen molar-refractivity contribution in [3.8, 4) is 5.75 Å². The van der Waals surface area contributed by atoms with E-state index >= 15 is 0 Å². The van der Waals surface area contributed by atoms with Gasteiger partial charge in [0, 0.05) is 9.13 Å². The van der Waals surface area contributed by atoms with Crippen LogP contribution in [0.3, 0.4) is 0 Å². The number of carbonyl (C=O) groups excluding carboxylic acids is 1. The number of alkyl halides is 3. The molecule has 0 aromatic heterocycles. The zero-order chi connectivity index (χ0) is 11.9. The smallest absolute Gasteiger partial charge is 0.369 e. The summed E-state index contributed by atoms with van der Waals surface area (Å²) in [5, 5.41) is -0.539. The van der Waals surface area contributed by atoms with Crippen molar-refractivity contribution in [3.63, 3.8) is 0 Å². The van der Waals surface area contributed by atoms with Crippen molar-refractivity contribution in [2.24, 2.45) is 0 Å². The van der Waals surface area contributed by atoms with Crippen LogP contribution in [0, 0.1) is 3.57 Å². The molecule has 0 atom stereocenters. The van der Waals surface area contributed by atoms with E-state index in [-0.39, 0.29) is 12.2 Å². The number of hydrogen-bond donors (Lipinski definition) is 0. The number of fused-ring (bicyclic) bond motifs is 1. The van der Waals surface area contributed by atoms with Gasteiger partial charge < -0.3 is 4.84 Å². The molecule has 1 heterocycles. The van der Waals surface area contributed by atoms with Gasteiger partial charge in [0.2, 0.25) is 0 Å². The minimum Gasteiger partial charge on any atom is -0.369 e. The average molecular weight is 343 g/mol. The van der Waals surface area contributed by atoms with E-state index in [2.05, 4.69) is 4.84 Å². The standard InChI is InChI=1S/C9H5F3INO2/c10-9(11,12)14-8(15)4-5-3-6(13)1-2-7(5)16-14/h1-3H,4H2. The quantitative estimate of drug-likeness (QED) is 0.535. The summed E-state index contributed by atoms with van der Waals surface area (Å²) < 4.78 is 37.9. The van der Waals surface area contributed by atoms with Crippen molar-refractivity contribution in [2.45, 2.75) is 12.7 Å². The Balaban J connectivity index is 2.36. The fraction of sp³-hybridized carbons (Fsp3) is 0.222. The molecule has 1 aromatic carbocycles. The van der Waals surface area contributed by atoms with Gasteiger partial charge in [0.1, 0.15) is 0 Å². The highest BCUT2D eigenvalue weighted by Crippen LogP contribution is 2.32. The fourth-order valence-corrected chi connectivity index (χ4v) is 1.91. The topological polar surface area (TPSA) is 29.5 Å². The Bertz CT molecular complexity index is 447. The monoisotopic (exact) mass is 343 g/mol. The van der Waals surface area contributed by atoms with Crippen LogP contribution >= 0.6 is 22.6 Å². The molecule has 0 fully saturated rings. The molecule has 0 saturated heterocycles. The Morgan fingerprint density at radius 2 is 2.06 bits per heavy atom. The fourth-order valence-electron chi connectivity index (χ4n) is 1.35. The van der Waals surface area contributed by atoms with Gasteiger partial charge in [-0.1, -0.05) is 5.06 Å². The summed E-state index contributed by atoms with van der Waals surface area (Å²) in [4.78, 5) is 15.7. The van der Waals surface area contributed by atoms with Crippen LogP contribution in [-0.4, -0.2) is 17.3 Å². The van der Waals surface area contributed by atoms with E-state index < -0.39 is 17.3 Å². The first-order valence-electron chi connectivity index (χ1n) is 4.24. The van der Waals surface area contributed by atoms with Gasteiger partial charge in [-0.25, -0.2) is 0 Å². The molecule has 7 heteroatoms. The molecule has 0 radical (unpaired) electrons. The minimum atomic E-state index is -4.81. The van der Waals surface area contributed by atoms with E-state index in [9.17, 15) is 18.0 Å². The lowest BCUT2D eigenvalue weighted by molar-refractivity contribution is -0.320. The van der Waals surface area contributed by atoms with E-state index in [0.29, 0.717) is 5.56 Å². The zero-order valence-corrected chi connectivity index (χ0v) is 9.87. The SMILES string of the molecule is O=C1Cc2cc(I)ccc2ON1C(F)(F)F. The van der Waals surface area contributed by atoms with Crippen LogP contribution in [0.5, 0.6) is 5.75 Å². The third kappa shape index (κ3) is 2.08. The molecule has 1 amide bonds. The van der Waals surface area contributed by atoms with Crippen molar-refractivity contribution in [3.05, 3.63) is 27.3 Å². The van der Waals surface area contributed by atoms with Gasteiger partial charge in [-0.2, -0.15) is 0 Å². The highest BCUT2D eigenvalue weighted by atomic mass is 127. The second kappa shape index (κ2) is 3.79. The maximum atomic E-state index is 12.3. The van der Waals surface area contributed by atoms with Gasteiger partial charge in [0.15, 0.2) is 5.75 Å². The number of halogens is 4. The Hall–Kier alpha value is -0.990. The second-order valence-corrected chi connectivity index (χ2v) is 4.42. The summed E-state index contributed by atoms with van der Waals surface area (Å²) in [6.07, 6.45) is -5.11. The maximum absolute atomic E-state index is 12.3. The van der Waals surface area contributed by atoms with Crippen LogP contribution in [0.25, 0.3) is 0 Å². The van der Waals surface area contributed by atoms with Crippen LogP contribution < -0.4 is 4.84 Å². The molecule has 2 rings (SSSR count). The van der Waals surface area contributed by atoms with Gasteiger partial charge in [-0.05, 0) is 40.8 Å². The van der Waals surface area contributed by atoms with Gasteiger partial charge in [0.05, 0.1) is 6.42 Å². The maximum Gasteiger partial charge on any atom is 0.520 e. The molecule has 0 aliphatic carbocycles. The minimum absolute atomic E-state index is 0.0670. The van der Waals surface area contributed by atoms with Crippen molar-refractivity contribution in [1.82, 2.24) is 5.06 Å². The summed E-state index contributed by atoms with van der Waals surface area (Å²) in [7, 11) is 0. The Morgan fingerprint density at radius 1 is 1.38 bits per heavy atom. The number of hydrogen-bond acceptors (Lipinski definition) is 2. The van der Waals surface area contributed by atoms with Crippen molar-refractivity contribution >= 4 is 28.5 Å². The predicted octanol–water partition coefficient (Wildman–Crippen LogP) is 2.49. The van der Waals surface area contributed by atoms with E-state index in [1.807, 2.05) is 22.6 Å². The first-order chi connectivity index (χ1) is 7.38. The summed E-state index contributed by atoms with van der Waals surface area (Å²) in [6, 6.07) is 4.66. The lowest BCUT2D eigenvalue weighted by atomic mass is 10.1. The largest absolute Gasteiger partial charge is 0.520 e. The van der Waals surface area contributed by atoms with Crippen LogP contribution in [0.2, 0.25) is 0 Å². The average Bonchev–Trinajstić information content (AvgIpc) is 2.14. The zero-order valence-electron chi connectivity index (χ0n) is 7.71. The van der Waals surface area contributed by atoms with E-state index in [0.717, 1.165) is 3.57 Å². The molecule has 86 valence electrons. The van der Waals surface area contributed by atoms with Crippen LogP contribution in [-0.2, 0) is 11.2 Å². The second-order valence-electron chi connectivity index (χ2n) is 3.18. The van der Waals surface area contributed by atoms with Gasteiger partial charge in [0.25, 0.3) is 5.91 Å². The van der Waals surface area contributed by atoms with Crippen molar-refractivity contribution < 1.29 is 22.8 Å². The molecular formula is C9H5F3INO2. The van der Waals surface area contributed by atoms with E-state index in [1.54, 1.807) is 12.1 Å². The molecule has 3 nitrogen and oxygen atoms in total. The predicted molar refractivity (Wildman–Crippen MR) is 56.4 cm³/mol. The van der Waals surface area contributed by atoms with Gasteiger partial charge >= 0.3 is 6.30 Å². The number of amides is 1. The number of carbonyl (C=O) groups is 1. The number of rotatable bonds is 0. The highest BCUT2D eigenvalue weighted by Gasteiger charge is 2.46. The number of benzene rings is 1. The number of nitrogens with zero attached hydrogens (tertiary/aromatic N) is 1. The van der Waals surface area contributed by atoms with Gasteiger partial charge in [-0.3, -0.25) is 4.79 Å². The highest BCUT2D eigenvalue weighted by molar-refractivity contribution is 14.1. The molecular weight excluding hydrogens is 338 g/mol. The third-order valence-electron chi connectivity index (χ3n) is 2.01. The van der Waals surface area contributed by atoms with Crippen LogP contribution in [0.15, 0.2) is 18.2 Å². The summed E-state index contributed by atoms with van der Waals surface area (Å²) in [5.41, 5.74) is 0.470. The molecule has 0 N–H and O–H groups in total. The third-order valence-corrected chi connectivity index (χ3v) is 2.68. The molecule has 1 aliphatic rings. The van der Waals surface area contributed by atoms with Crippen molar-refractivity contribution in [2.75, 3.05) is 0 Å². The lowest BCUT2D eigenvalue weighted by Crippen LogP contribution is -2.48. The Kier molecular flexibility index (Phi) is 2.72. The van der Waals surface area contributed by atoms with Crippen LogP contribution in [0.1, 0.15) is 5.56 Å². The number of hydroxylamine groups is 2. The molecule has 0 saturated carbocycles. The summed E-state index contributed by atoms with van der Waals surface area (Å²) >= 11 is 2.01. The molecule has 0 unspecified atom stereocenters. The Labute approximate surface area is 102 Å². The van der Waals surface area contributed by atoms with Crippen molar-refractivity contribution in [1.29, 1.82) is 0 Å². The molecule has 1 aromatic rings. The molecule has 0 spiro atoms. The summed E-state index contributed by atoms with van der Waals surface area (Å²) in [6.45, 7) is 0. The Morgan fingerprint density at radius 3 is 2.69 bits per heavy atom. The summed E-state index contributed by atoms with van der Waals surface area (Å²) in [5.74, 6) is -1.04. The van der Waals surface area contributed by atoms with Gasteiger partial charge in [-0.15, -0.1) is 13.2 Å². The lowest BCUT2D eigenvalue weighted by Gasteiger charge is -2.29. The normalized spacial score (nSPS) is 15.8. The first-order valence-corrected chi connectivity index (χ1v) is 5.32. The van der Waals surface area contributed by atoms with E-state index in [4.69, 9.17) is 0 Å². The van der Waals surface area contributed by atoms with Crippen LogP contribution in [0.4, 0.5) is 13.2 Å². The first kappa shape index (κ1) is 11.5. The molecule has 0 bridgehead atoms.